The number of hydrogen-bond donors (Lipinski definition) is 2. The minimum atomic E-state index is 0.0832. The third kappa shape index (κ3) is 4.55. The maximum atomic E-state index is 6.14. The van der Waals surface area contributed by atoms with Crippen molar-refractivity contribution in [3.63, 3.8) is 0 Å². The molecule has 182 valence electrons. The van der Waals surface area contributed by atoms with Crippen molar-refractivity contribution in [3.8, 4) is 28.7 Å². The second-order valence-electron chi connectivity index (χ2n) is 8.92. The molecule has 0 spiro atoms. The van der Waals surface area contributed by atoms with Gasteiger partial charge in [0.05, 0.1) is 26.8 Å². The number of methoxy groups -OCH3 is 3. The van der Waals surface area contributed by atoms with Crippen molar-refractivity contribution in [3.05, 3.63) is 36.4 Å². The summed E-state index contributed by atoms with van der Waals surface area (Å²) < 4.78 is 28.6. The van der Waals surface area contributed by atoms with Crippen LogP contribution in [0.15, 0.2) is 36.4 Å². The van der Waals surface area contributed by atoms with Crippen molar-refractivity contribution in [1.82, 2.24) is 9.88 Å². The number of aromatic amines is 1. The molecule has 1 atom stereocenters. The summed E-state index contributed by atoms with van der Waals surface area (Å²) in [6, 6.07) is 11.9. The third-order valence-electron chi connectivity index (χ3n) is 6.74. The Kier molecular flexibility index (Phi) is 6.58. The molecular weight excluding hydrogens is 434 g/mol. The van der Waals surface area contributed by atoms with Gasteiger partial charge in [0.15, 0.2) is 23.0 Å². The molecule has 0 saturated carbocycles. The van der Waals surface area contributed by atoms with Crippen LogP contribution >= 0.6 is 0 Å². The Hall–Kier alpha value is -3.26. The highest BCUT2D eigenvalue weighted by Gasteiger charge is 2.26. The Labute approximate surface area is 200 Å². The molecular formula is C26H33N3O5. The van der Waals surface area contributed by atoms with Crippen molar-refractivity contribution in [2.75, 3.05) is 59.4 Å². The topological polar surface area (TPSA) is 77.2 Å². The number of ether oxygens (including phenoxy) is 5. The van der Waals surface area contributed by atoms with Crippen LogP contribution < -0.4 is 29.0 Å². The molecule has 5 rings (SSSR count). The number of hydrogen-bond acceptors (Lipinski definition) is 7. The molecule has 0 radical (unpaired) electrons. The number of para-hydroxylation sites is 2. The average Bonchev–Trinajstić information content (AvgIpc) is 3.29. The zero-order valence-electron chi connectivity index (χ0n) is 20.1. The minimum Gasteiger partial charge on any atom is -0.493 e. The number of nitrogens with one attached hydrogen (secondary N) is 2. The molecule has 3 aromatic rings. The van der Waals surface area contributed by atoms with Crippen LogP contribution in [0.5, 0.6) is 28.7 Å². The number of piperidine rings is 1. The number of fused-ring (bicyclic) bond motifs is 2. The fourth-order valence-corrected chi connectivity index (χ4v) is 4.91. The maximum absolute atomic E-state index is 6.14. The van der Waals surface area contributed by atoms with Crippen LogP contribution in [0, 0.1) is 5.92 Å². The van der Waals surface area contributed by atoms with Crippen LogP contribution in [0.4, 0.5) is 5.82 Å². The SMILES string of the molecule is COc1cc2cc(NCC3CCN(C[C@@H]4COc5ccccc5O4)CC3)[nH]c2c(OC)c1OC. The number of benzene rings is 2. The number of anilines is 1. The van der Waals surface area contributed by atoms with Crippen LogP contribution in [0.2, 0.25) is 0 Å². The number of nitrogens with zero attached hydrogens (tertiary/aromatic N) is 1. The molecule has 3 heterocycles. The van der Waals surface area contributed by atoms with Crippen molar-refractivity contribution < 1.29 is 23.7 Å². The normalized spacial score (nSPS) is 18.6. The van der Waals surface area contributed by atoms with E-state index in [0.29, 0.717) is 29.8 Å². The lowest BCUT2D eigenvalue weighted by Crippen LogP contribution is -2.44. The Morgan fingerprint density at radius 2 is 1.76 bits per heavy atom. The first-order valence-electron chi connectivity index (χ1n) is 11.8. The quantitative estimate of drug-likeness (QED) is 0.515. The van der Waals surface area contributed by atoms with Crippen molar-refractivity contribution >= 4 is 16.7 Å². The van der Waals surface area contributed by atoms with E-state index in [1.807, 2.05) is 30.3 Å². The van der Waals surface area contributed by atoms with Crippen LogP contribution in [-0.2, 0) is 0 Å². The van der Waals surface area contributed by atoms with Crippen LogP contribution in [-0.4, -0.2) is 70.1 Å². The lowest BCUT2D eigenvalue weighted by Gasteiger charge is -2.35. The molecule has 8 heteroatoms. The minimum absolute atomic E-state index is 0.0832. The zero-order chi connectivity index (χ0) is 23.5. The Morgan fingerprint density at radius 1 is 1.00 bits per heavy atom. The molecule has 2 N–H and O–H groups in total. The summed E-state index contributed by atoms with van der Waals surface area (Å²) in [5.74, 6) is 5.18. The van der Waals surface area contributed by atoms with Gasteiger partial charge in [-0.25, -0.2) is 0 Å². The van der Waals surface area contributed by atoms with Gasteiger partial charge in [-0.05, 0) is 56.1 Å². The number of H-pyrrole nitrogens is 1. The summed E-state index contributed by atoms with van der Waals surface area (Å²) >= 11 is 0. The van der Waals surface area contributed by atoms with Crippen molar-refractivity contribution in [2.45, 2.75) is 18.9 Å². The van der Waals surface area contributed by atoms with E-state index in [1.54, 1.807) is 21.3 Å². The first-order valence-corrected chi connectivity index (χ1v) is 11.8. The van der Waals surface area contributed by atoms with Crippen LogP contribution in [0.25, 0.3) is 10.9 Å². The van der Waals surface area contributed by atoms with Gasteiger partial charge in [0, 0.05) is 18.5 Å². The summed E-state index contributed by atoms with van der Waals surface area (Å²) in [5.41, 5.74) is 0.897. The van der Waals surface area contributed by atoms with Crippen molar-refractivity contribution in [1.29, 1.82) is 0 Å². The van der Waals surface area contributed by atoms with Crippen LogP contribution in [0.1, 0.15) is 12.8 Å². The van der Waals surface area contributed by atoms with E-state index in [2.05, 4.69) is 21.3 Å². The maximum Gasteiger partial charge on any atom is 0.205 e. The van der Waals surface area contributed by atoms with Gasteiger partial charge in [0.1, 0.15) is 18.5 Å². The number of rotatable bonds is 8. The van der Waals surface area contributed by atoms with Crippen molar-refractivity contribution in [2.24, 2.45) is 5.92 Å². The lowest BCUT2D eigenvalue weighted by molar-refractivity contribution is 0.0485. The fraction of sp³-hybridized carbons (Fsp3) is 0.462. The van der Waals surface area contributed by atoms with Gasteiger partial charge in [0.25, 0.3) is 0 Å². The van der Waals surface area contributed by atoms with E-state index >= 15 is 0 Å². The fourth-order valence-electron chi connectivity index (χ4n) is 4.91. The molecule has 2 aliphatic heterocycles. The summed E-state index contributed by atoms with van der Waals surface area (Å²) in [6.45, 7) is 4.58. The van der Waals surface area contributed by atoms with E-state index < -0.39 is 0 Å². The third-order valence-corrected chi connectivity index (χ3v) is 6.74. The van der Waals surface area contributed by atoms with Gasteiger partial charge >= 0.3 is 0 Å². The van der Waals surface area contributed by atoms with E-state index in [4.69, 9.17) is 23.7 Å². The second-order valence-corrected chi connectivity index (χ2v) is 8.92. The molecule has 1 saturated heterocycles. The molecule has 2 aliphatic rings. The first kappa shape index (κ1) is 22.5. The van der Waals surface area contributed by atoms with E-state index in [-0.39, 0.29) is 6.10 Å². The summed E-state index contributed by atoms with van der Waals surface area (Å²) in [4.78, 5) is 5.93. The number of aromatic nitrogens is 1. The predicted octanol–water partition coefficient (Wildman–Crippen LogP) is 4.16. The Balaban J connectivity index is 1.14. The highest BCUT2D eigenvalue weighted by molar-refractivity contribution is 5.93. The summed E-state index contributed by atoms with van der Waals surface area (Å²) in [5, 5.41) is 4.60. The van der Waals surface area contributed by atoms with Gasteiger partial charge in [-0.1, -0.05) is 12.1 Å². The molecule has 2 aromatic carbocycles. The average molecular weight is 468 g/mol. The smallest absolute Gasteiger partial charge is 0.205 e. The Bertz CT molecular complexity index is 1120. The molecule has 34 heavy (non-hydrogen) atoms. The first-order chi connectivity index (χ1) is 16.7. The monoisotopic (exact) mass is 467 g/mol. The van der Waals surface area contributed by atoms with Gasteiger partial charge in [-0.2, -0.15) is 0 Å². The highest BCUT2D eigenvalue weighted by Crippen LogP contribution is 2.43. The highest BCUT2D eigenvalue weighted by atomic mass is 16.6. The summed E-state index contributed by atoms with van der Waals surface area (Å²) in [6.07, 6.45) is 2.39. The van der Waals surface area contributed by atoms with Gasteiger partial charge in [-0.3, -0.25) is 4.90 Å². The lowest BCUT2D eigenvalue weighted by atomic mass is 9.96. The van der Waals surface area contributed by atoms with E-state index in [1.165, 1.54) is 0 Å². The van der Waals surface area contributed by atoms with E-state index in [0.717, 1.165) is 67.2 Å². The molecule has 0 amide bonds. The standard InChI is InChI=1S/C26H33N3O5/c1-30-22-12-18-13-23(28-24(18)26(32-3)25(22)31-2)27-14-17-8-10-29(11-9-17)15-19-16-33-20-6-4-5-7-21(20)34-19/h4-7,12-13,17,19,27-28H,8-11,14-16H2,1-3H3/t19-/m1/s1. The van der Waals surface area contributed by atoms with Gasteiger partial charge in [0.2, 0.25) is 5.75 Å². The van der Waals surface area contributed by atoms with Gasteiger partial charge in [-0.15, -0.1) is 0 Å². The predicted molar refractivity (Wildman–Crippen MR) is 132 cm³/mol. The molecule has 1 fully saturated rings. The summed E-state index contributed by atoms with van der Waals surface area (Å²) in [7, 11) is 4.89. The van der Waals surface area contributed by atoms with E-state index in [9.17, 15) is 0 Å². The molecule has 8 nitrogen and oxygen atoms in total. The van der Waals surface area contributed by atoms with Crippen LogP contribution in [0.3, 0.4) is 0 Å². The van der Waals surface area contributed by atoms with Gasteiger partial charge < -0.3 is 34.0 Å². The second kappa shape index (κ2) is 9.93. The zero-order valence-corrected chi connectivity index (χ0v) is 20.1. The molecule has 0 aliphatic carbocycles. The molecule has 1 aromatic heterocycles. The number of likely N-dealkylation sites (tertiary alicyclic amines) is 1. The largest absolute Gasteiger partial charge is 0.493 e. The Morgan fingerprint density at radius 3 is 2.50 bits per heavy atom. The molecule has 0 bridgehead atoms. The molecule has 0 unspecified atom stereocenters.